The molecule has 0 aromatic heterocycles. The molecule has 1 N–H and O–H groups in total. The molecule has 2 amide bonds. The number of ether oxygens (including phenoxy) is 1. The Bertz CT molecular complexity index is 467. The van der Waals surface area contributed by atoms with E-state index in [4.69, 9.17) is 4.74 Å². The van der Waals surface area contributed by atoms with Gasteiger partial charge in [0.1, 0.15) is 0 Å². The molecule has 1 aromatic rings. The van der Waals surface area contributed by atoms with Crippen LogP contribution in [-0.4, -0.2) is 43.8 Å². The van der Waals surface area contributed by atoms with E-state index >= 15 is 0 Å². The smallest absolute Gasteiger partial charge is 0.317 e. The summed E-state index contributed by atoms with van der Waals surface area (Å²) >= 11 is 0. The highest BCUT2D eigenvalue weighted by Crippen LogP contribution is 2.15. The predicted molar refractivity (Wildman–Crippen MR) is 93.7 cm³/mol. The summed E-state index contributed by atoms with van der Waals surface area (Å²) < 4.78 is 5.71. The van der Waals surface area contributed by atoms with Crippen molar-refractivity contribution in [3.8, 4) is 0 Å². The molecule has 0 spiro atoms. The first-order chi connectivity index (χ1) is 11.1. The molecule has 4 nitrogen and oxygen atoms in total. The first-order valence-corrected chi connectivity index (χ1v) is 8.81. The lowest BCUT2D eigenvalue weighted by Crippen LogP contribution is -2.39. The highest BCUT2D eigenvalue weighted by molar-refractivity contribution is 5.73. The molecule has 0 unspecified atom stereocenters. The Morgan fingerprint density at radius 1 is 1.30 bits per heavy atom. The van der Waals surface area contributed by atoms with Crippen LogP contribution in [0, 0.1) is 6.92 Å². The van der Waals surface area contributed by atoms with Gasteiger partial charge in [-0.2, -0.15) is 0 Å². The van der Waals surface area contributed by atoms with Gasteiger partial charge in [-0.1, -0.05) is 29.8 Å². The number of rotatable bonds is 7. The molecule has 128 valence electrons. The Balaban J connectivity index is 1.57. The van der Waals surface area contributed by atoms with Crippen LogP contribution in [0.25, 0.3) is 0 Å². The first-order valence-electron chi connectivity index (χ1n) is 8.81. The number of urea groups is 1. The Labute approximate surface area is 140 Å². The fourth-order valence-electron chi connectivity index (χ4n) is 2.85. The summed E-state index contributed by atoms with van der Waals surface area (Å²) in [5.74, 6) is 0. The number of aryl methyl sites for hydroxylation is 2. The van der Waals surface area contributed by atoms with Gasteiger partial charge in [0.2, 0.25) is 0 Å². The molecule has 23 heavy (non-hydrogen) atoms. The summed E-state index contributed by atoms with van der Waals surface area (Å²) in [6.45, 7) is 4.45. The Hall–Kier alpha value is -1.55. The van der Waals surface area contributed by atoms with Crippen molar-refractivity contribution in [2.75, 3.05) is 26.7 Å². The van der Waals surface area contributed by atoms with E-state index in [-0.39, 0.29) is 6.03 Å². The maximum atomic E-state index is 12.0. The molecule has 0 bridgehead atoms. The zero-order valence-electron chi connectivity index (χ0n) is 14.5. The molecule has 1 aliphatic heterocycles. The Morgan fingerprint density at radius 2 is 2.09 bits per heavy atom. The topological polar surface area (TPSA) is 41.6 Å². The van der Waals surface area contributed by atoms with Crippen molar-refractivity contribution in [2.24, 2.45) is 0 Å². The van der Waals surface area contributed by atoms with Gasteiger partial charge in [-0.15, -0.1) is 0 Å². The van der Waals surface area contributed by atoms with Crippen LogP contribution in [-0.2, 0) is 11.2 Å². The maximum absolute atomic E-state index is 12.0. The highest BCUT2D eigenvalue weighted by Gasteiger charge is 2.16. The second-order valence-electron chi connectivity index (χ2n) is 6.52. The molecule has 0 saturated carbocycles. The summed E-state index contributed by atoms with van der Waals surface area (Å²) in [4.78, 5) is 13.8. The first kappa shape index (κ1) is 17.8. The van der Waals surface area contributed by atoms with E-state index in [9.17, 15) is 4.79 Å². The number of carbonyl (C=O) groups is 1. The van der Waals surface area contributed by atoms with E-state index in [0.29, 0.717) is 6.10 Å². The average Bonchev–Trinajstić information content (AvgIpc) is 2.59. The van der Waals surface area contributed by atoms with Crippen molar-refractivity contribution >= 4 is 6.03 Å². The van der Waals surface area contributed by atoms with E-state index in [2.05, 4.69) is 36.5 Å². The maximum Gasteiger partial charge on any atom is 0.317 e. The highest BCUT2D eigenvalue weighted by atomic mass is 16.5. The van der Waals surface area contributed by atoms with Crippen LogP contribution in [0.4, 0.5) is 4.79 Å². The minimum absolute atomic E-state index is 0.0183. The van der Waals surface area contributed by atoms with Crippen molar-refractivity contribution < 1.29 is 9.53 Å². The molecule has 0 radical (unpaired) electrons. The van der Waals surface area contributed by atoms with Crippen molar-refractivity contribution in [3.63, 3.8) is 0 Å². The second-order valence-corrected chi connectivity index (χ2v) is 6.52. The van der Waals surface area contributed by atoms with Gasteiger partial charge < -0.3 is 15.0 Å². The van der Waals surface area contributed by atoms with E-state index in [1.807, 2.05) is 7.05 Å². The number of hydrogen-bond acceptors (Lipinski definition) is 2. The molecule has 4 heteroatoms. The molecule has 1 saturated heterocycles. The molecule has 2 rings (SSSR count). The van der Waals surface area contributed by atoms with Crippen LogP contribution in [0.2, 0.25) is 0 Å². The number of hydrogen-bond donors (Lipinski definition) is 1. The van der Waals surface area contributed by atoms with Crippen LogP contribution in [0.3, 0.4) is 0 Å². The summed E-state index contributed by atoms with van der Waals surface area (Å²) in [5, 5.41) is 3.00. The molecule has 0 aliphatic carbocycles. The third kappa shape index (κ3) is 6.61. The van der Waals surface area contributed by atoms with Gasteiger partial charge in [0.15, 0.2) is 0 Å². The van der Waals surface area contributed by atoms with E-state index in [1.165, 1.54) is 24.0 Å². The third-order valence-electron chi connectivity index (χ3n) is 4.45. The SMILES string of the molecule is Cc1ccc(CCCNC(=O)N(C)CC[C@H]2CCCCO2)cc1. The van der Waals surface area contributed by atoms with Gasteiger partial charge in [-0.05, 0) is 51.0 Å². The summed E-state index contributed by atoms with van der Waals surface area (Å²) in [7, 11) is 1.86. The zero-order valence-corrected chi connectivity index (χ0v) is 14.5. The van der Waals surface area contributed by atoms with Gasteiger partial charge in [0, 0.05) is 26.7 Å². The largest absolute Gasteiger partial charge is 0.378 e. The van der Waals surface area contributed by atoms with Gasteiger partial charge in [0.05, 0.1) is 6.10 Å². The van der Waals surface area contributed by atoms with Crippen molar-refractivity contribution in [3.05, 3.63) is 35.4 Å². The zero-order chi connectivity index (χ0) is 16.5. The third-order valence-corrected chi connectivity index (χ3v) is 4.45. The summed E-state index contributed by atoms with van der Waals surface area (Å²) in [6, 6.07) is 8.61. The summed E-state index contributed by atoms with van der Waals surface area (Å²) in [6.07, 6.45) is 6.79. The Morgan fingerprint density at radius 3 is 2.78 bits per heavy atom. The minimum Gasteiger partial charge on any atom is -0.378 e. The number of nitrogens with zero attached hydrogens (tertiary/aromatic N) is 1. The molecule has 1 heterocycles. The van der Waals surface area contributed by atoms with Crippen LogP contribution in [0.5, 0.6) is 0 Å². The number of carbonyl (C=O) groups excluding carboxylic acids is 1. The molecule has 1 aliphatic rings. The van der Waals surface area contributed by atoms with Crippen LogP contribution in [0.15, 0.2) is 24.3 Å². The standard InChI is InChI=1S/C19H30N2O2/c1-16-8-10-17(11-9-16)6-5-13-20-19(22)21(2)14-12-18-7-3-4-15-23-18/h8-11,18H,3-7,12-15H2,1-2H3,(H,20,22)/t18-/m1/s1. The summed E-state index contributed by atoms with van der Waals surface area (Å²) in [5.41, 5.74) is 2.61. The Kier molecular flexibility index (Phi) is 7.40. The normalized spacial score (nSPS) is 17.7. The number of nitrogens with one attached hydrogen (secondary N) is 1. The van der Waals surface area contributed by atoms with Crippen LogP contribution in [0.1, 0.15) is 43.2 Å². The van der Waals surface area contributed by atoms with E-state index < -0.39 is 0 Å². The monoisotopic (exact) mass is 318 g/mol. The van der Waals surface area contributed by atoms with E-state index in [0.717, 1.165) is 45.4 Å². The minimum atomic E-state index is 0.0183. The predicted octanol–water partition coefficient (Wildman–Crippen LogP) is 3.53. The quantitative estimate of drug-likeness (QED) is 0.782. The number of amides is 2. The lowest BCUT2D eigenvalue weighted by Gasteiger charge is -2.25. The molecule has 1 aromatic carbocycles. The average molecular weight is 318 g/mol. The van der Waals surface area contributed by atoms with Gasteiger partial charge in [0.25, 0.3) is 0 Å². The van der Waals surface area contributed by atoms with Crippen molar-refractivity contribution in [2.45, 2.75) is 51.6 Å². The molecule has 1 fully saturated rings. The fraction of sp³-hybridized carbons (Fsp3) is 0.632. The van der Waals surface area contributed by atoms with Crippen LogP contribution >= 0.6 is 0 Å². The van der Waals surface area contributed by atoms with Crippen molar-refractivity contribution in [1.82, 2.24) is 10.2 Å². The van der Waals surface area contributed by atoms with Gasteiger partial charge in [-0.25, -0.2) is 4.79 Å². The molecular weight excluding hydrogens is 288 g/mol. The second kappa shape index (κ2) is 9.56. The number of benzene rings is 1. The molecule has 1 atom stereocenters. The van der Waals surface area contributed by atoms with Crippen LogP contribution < -0.4 is 5.32 Å². The van der Waals surface area contributed by atoms with Gasteiger partial charge in [-0.3, -0.25) is 0 Å². The lowest BCUT2D eigenvalue weighted by molar-refractivity contribution is 0.00828. The van der Waals surface area contributed by atoms with E-state index in [1.54, 1.807) is 4.90 Å². The lowest BCUT2D eigenvalue weighted by atomic mass is 10.1. The molecular formula is C19H30N2O2. The van der Waals surface area contributed by atoms with Crippen molar-refractivity contribution in [1.29, 1.82) is 0 Å². The fourth-order valence-corrected chi connectivity index (χ4v) is 2.85. The van der Waals surface area contributed by atoms with Gasteiger partial charge >= 0.3 is 6.03 Å².